The van der Waals surface area contributed by atoms with Crippen LogP contribution in [-0.4, -0.2) is 10.5 Å². The van der Waals surface area contributed by atoms with Crippen LogP contribution in [-0.2, 0) is 6.54 Å². The van der Waals surface area contributed by atoms with Crippen molar-refractivity contribution in [2.45, 2.75) is 42.8 Å². The summed E-state index contributed by atoms with van der Waals surface area (Å²) in [4.78, 5) is 5.25. The molecule has 0 bridgehead atoms. The van der Waals surface area contributed by atoms with Crippen LogP contribution < -0.4 is 5.32 Å². The Morgan fingerprint density at radius 3 is 2.62 bits per heavy atom. The average molecular weight is 325 g/mol. The summed E-state index contributed by atoms with van der Waals surface area (Å²) in [7, 11) is 0. The Morgan fingerprint density at radius 1 is 1.24 bits per heavy atom. The lowest BCUT2D eigenvalue weighted by atomic mass is 10.1. The van der Waals surface area contributed by atoms with Gasteiger partial charge in [0.25, 0.3) is 0 Å². The molecule has 0 saturated heterocycles. The van der Waals surface area contributed by atoms with E-state index < -0.39 is 0 Å². The van der Waals surface area contributed by atoms with Crippen molar-refractivity contribution in [1.29, 1.82) is 0 Å². The molecule has 1 heterocycles. The van der Waals surface area contributed by atoms with E-state index in [1.165, 1.54) is 17.8 Å². The third kappa shape index (κ3) is 5.30. The van der Waals surface area contributed by atoms with Gasteiger partial charge in [-0.05, 0) is 56.7 Å². The van der Waals surface area contributed by atoms with Crippen molar-refractivity contribution in [2.24, 2.45) is 0 Å². The molecule has 112 valence electrons. The molecule has 1 aromatic carbocycles. The second-order valence-electron chi connectivity index (χ2n) is 5.77. The quantitative estimate of drug-likeness (QED) is 0.864. The zero-order chi connectivity index (χ0) is 15.5. The van der Waals surface area contributed by atoms with Crippen molar-refractivity contribution in [3.8, 4) is 0 Å². The summed E-state index contributed by atoms with van der Waals surface area (Å²) in [5.41, 5.74) is 0.902. The predicted molar refractivity (Wildman–Crippen MR) is 86.4 cm³/mol. The lowest BCUT2D eigenvalue weighted by Gasteiger charge is -2.21. The largest absolute Gasteiger partial charge is 0.308 e. The van der Waals surface area contributed by atoms with E-state index in [0.29, 0.717) is 11.6 Å². The van der Waals surface area contributed by atoms with E-state index in [1.54, 1.807) is 24.4 Å². The zero-order valence-corrected chi connectivity index (χ0v) is 13.9. The number of nitrogens with one attached hydrogen (secondary N) is 1. The van der Waals surface area contributed by atoms with Gasteiger partial charge in [-0.1, -0.05) is 23.4 Å². The normalized spacial score (nSPS) is 11.7. The first-order valence-electron chi connectivity index (χ1n) is 6.66. The number of hydrogen-bond acceptors (Lipinski definition) is 3. The number of rotatable bonds is 4. The number of halogens is 2. The SMILES string of the molecule is CC(C)(C)NCc1cc(F)ccc1Sc1ccc(Cl)cn1. The summed E-state index contributed by atoms with van der Waals surface area (Å²) < 4.78 is 13.5. The molecule has 0 atom stereocenters. The fourth-order valence-electron chi connectivity index (χ4n) is 1.68. The van der Waals surface area contributed by atoms with Crippen LogP contribution in [0.4, 0.5) is 4.39 Å². The van der Waals surface area contributed by atoms with Crippen LogP contribution in [0.3, 0.4) is 0 Å². The molecule has 21 heavy (non-hydrogen) atoms. The third-order valence-corrected chi connectivity index (χ3v) is 4.04. The molecule has 0 unspecified atom stereocenters. The number of hydrogen-bond donors (Lipinski definition) is 1. The minimum Gasteiger partial charge on any atom is -0.308 e. The number of nitrogens with zero attached hydrogens (tertiary/aromatic N) is 1. The molecular formula is C16H18ClFN2S. The number of benzene rings is 1. The summed E-state index contributed by atoms with van der Waals surface area (Å²) in [6.07, 6.45) is 1.61. The summed E-state index contributed by atoms with van der Waals surface area (Å²) in [5.74, 6) is -0.228. The van der Waals surface area contributed by atoms with E-state index in [9.17, 15) is 4.39 Å². The summed E-state index contributed by atoms with van der Waals surface area (Å²) >= 11 is 7.34. The first-order chi connectivity index (χ1) is 9.83. The number of aromatic nitrogens is 1. The van der Waals surface area contributed by atoms with Gasteiger partial charge in [-0.3, -0.25) is 0 Å². The molecule has 5 heteroatoms. The Labute approximate surface area is 134 Å². The fourth-order valence-corrected chi connectivity index (χ4v) is 2.66. The maximum absolute atomic E-state index is 13.5. The van der Waals surface area contributed by atoms with Crippen LogP contribution in [0.2, 0.25) is 5.02 Å². The van der Waals surface area contributed by atoms with Gasteiger partial charge in [0.1, 0.15) is 10.8 Å². The number of pyridine rings is 1. The van der Waals surface area contributed by atoms with Crippen molar-refractivity contribution in [3.05, 3.63) is 52.9 Å². The monoisotopic (exact) mass is 324 g/mol. The molecule has 0 fully saturated rings. The molecule has 0 amide bonds. The van der Waals surface area contributed by atoms with Crippen LogP contribution in [0, 0.1) is 5.82 Å². The molecule has 0 spiro atoms. The van der Waals surface area contributed by atoms with Gasteiger partial charge in [0.2, 0.25) is 0 Å². The highest BCUT2D eigenvalue weighted by Crippen LogP contribution is 2.30. The summed E-state index contributed by atoms with van der Waals surface area (Å²) in [6.45, 7) is 6.86. The lowest BCUT2D eigenvalue weighted by molar-refractivity contribution is 0.422. The molecule has 2 nitrogen and oxygen atoms in total. The van der Waals surface area contributed by atoms with Crippen LogP contribution in [0.15, 0.2) is 46.5 Å². The van der Waals surface area contributed by atoms with Crippen LogP contribution in [0.5, 0.6) is 0 Å². The van der Waals surface area contributed by atoms with Crippen molar-refractivity contribution < 1.29 is 4.39 Å². The summed E-state index contributed by atoms with van der Waals surface area (Å²) in [6, 6.07) is 8.48. The average Bonchev–Trinajstić information content (AvgIpc) is 2.40. The Hall–Kier alpha value is -1.10. The van der Waals surface area contributed by atoms with Gasteiger partial charge in [-0.15, -0.1) is 0 Å². The molecule has 2 aromatic rings. The zero-order valence-electron chi connectivity index (χ0n) is 12.3. The highest BCUT2D eigenvalue weighted by molar-refractivity contribution is 7.99. The molecular weight excluding hydrogens is 307 g/mol. The van der Waals surface area contributed by atoms with Gasteiger partial charge in [-0.25, -0.2) is 9.37 Å². The topological polar surface area (TPSA) is 24.9 Å². The Balaban J connectivity index is 2.20. The molecule has 0 aliphatic heterocycles. The minimum absolute atomic E-state index is 0.0211. The lowest BCUT2D eigenvalue weighted by Crippen LogP contribution is -2.35. The van der Waals surface area contributed by atoms with Crippen LogP contribution in [0.25, 0.3) is 0 Å². The van der Waals surface area contributed by atoms with Gasteiger partial charge in [0.15, 0.2) is 0 Å². The smallest absolute Gasteiger partial charge is 0.123 e. The third-order valence-electron chi connectivity index (χ3n) is 2.75. The van der Waals surface area contributed by atoms with Gasteiger partial charge in [0.05, 0.1) is 5.02 Å². The standard InChI is InChI=1S/C16H18ClFN2S/c1-16(2,3)20-9-11-8-13(18)5-6-14(11)21-15-7-4-12(17)10-19-15/h4-8,10,20H,9H2,1-3H3. The Kier molecular flexibility index (Phi) is 5.25. The van der Waals surface area contributed by atoms with Crippen molar-refractivity contribution in [1.82, 2.24) is 10.3 Å². The van der Waals surface area contributed by atoms with Crippen molar-refractivity contribution in [2.75, 3.05) is 0 Å². The van der Waals surface area contributed by atoms with Gasteiger partial charge < -0.3 is 5.32 Å². The predicted octanol–water partition coefficient (Wildman–Crippen LogP) is 4.91. The first kappa shape index (κ1) is 16.3. The van der Waals surface area contributed by atoms with Gasteiger partial charge in [0, 0.05) is 23.2 Å². The minimum atomic E-state index is -0.228. The maximum atomic E-state index is 13.5. The van der Waals surface area contributed by atoms with Gasteiger partial charge in [-0.2, -0.15) is 0 Å². The molecule has 0 aliphatic rings. The van der Waals surface area contributed by atoms with E-state index >= 15 is 0 Å². The highest BCUT2D eigenvalue weighted by atomic mass is 35.5. The Morgan fingerprint density at radius 2 is 2.00 bits per heavy atom. The second-order valence-corrected chi connectivity index (χ2v) is 7.27. The van der Waals surface area contributed by atoms with Crippen molar-refractivity contribution >= 4 is 23.4 Å². The van der Waals surface area contributed by atoms with Crippen LogP contribution in [0.1, 0.15) is 26.3 Å². The molecule has 2 rings (SSSR count). The van der Waals surface area contributed by atoms with E-state index in [1.807, 2.05) is 6.07 Å². The van der Waals surface area contributed by atoms with Crippen LogP contribution >= 0.6 is 23.4 Å². The van der Waals surface area contributed by atoms with E-state index in [2.05, 4.69) is 31.1 Å². The van der Waals surface area contributed by atoms with Crippen molar-refractivity contribution in [3.63, 3.8) is 0 Å². The van der Waals surface area contributed by atoms with E-state index in [4.69, 9.17) is 11.6 Å². The molecule has 0 aliphatic carbocycles. The molecule has 1 aromatic heterocycles. The maximum Gasteiger partial charge on any atom is 0.123 e. The highest BCUT2D eigenvalue weighted by Gasteiger charge is 2.12. The molecule has 1 N–H and O–H groups in total. The first-order valence-corrected chi connectivity index (χ1v) is 7.86. The molecule has 0 radical (unpaired) electrons. The Bertz CT molecular complexity index is 609. The van der Waals surface area contributed by atoms with E-state index in [0.717, 1.165) is 15.5 Å². The molecule has 0 saturated carbocycles. The summed E-state index contributed by atoms with van der Waals surface area (Å²) in [5, 5.41) is 4.82. The fraction of sp³-hybridized carbons (Fsp3) is 0.312. The second kappa shape index (κ2) is 6.77. The van der Waals surface area contributed by atoms with E-state index in [-0.39, 0.29) is 11.4 Å². The van der Waals surface area contributed by atoms with Gasteiger partial charge >= 0.3 is 0 Å².